The summed E-state index contributed by atoms with van der Waals surface area (Å²) in [5, 5.41) is 3.41. The molecule has 0 aromatic carbocycles. The van der Waals surface area contributed by atoms with Crippen molar-refractivity contribution in [3.05, 3.63) is 21.4 Å². The van der Waals surface area contributed by atoms with Gasteiger partial charge in [-0.1, -0.05) is 0 Å². The van der Waals surface area contributed by atoms with Crippen molar-refractivity contribution >= 4 is 17.3 Å². The van der Waals surface area contributed by atoms with E-state index in [2.05, 4.69) is 32.2 Å². The summed E-state index contributed by atoms with van der Waals surface area (Å²) in [6.45, 7) is 10.8. The quantitative estimate of drug-likeness (QED) is 0.834. The monoisotopic (exact) mass is 269 g/mol. The number of hydrogen-bond acceptors (Lipinski definition) is 4. The number of ether oxygens (including phenoxy) is 1. The number of thiophene rings is 1. The predicted octanol–water partition coefficient (Wildman–Crippen LogP) is 3.21. The minimum absolute atomic E-state index is 0.180. The summed E-state index contributed by atoms with van der Waals surface area (Å²) in [4.78, 5) is 14.3. The van der Waals surface area contributed by atoms with Crippen molar-refractivity contribution in [2.45, 2.75) is 40.7 Å². The lowest BCUT2D eigenvalue weighted by Gasteiger charge is -2.24. The molecule has 1 aromatic rings. The fraction of sp³-hybridized carbons (Fsp3) is 0.643. The largest absolute Gasteiger partial charge is 0.469 e. The topological polar surface area (TPSA) is 38.3 Å². The van der Waals surface area contributed by atoms with Crippen LogP contribution in [0.3, 0.4) is 0 Å². The average Bonchev–Trinajstić information content (AvgIpc) is 2.64. The summed E-state index contributed by atoms with van der Waals surface area (Å²) in [7, 11) is 1.43. The molecule has 0 saturated heterocycles. The van der Waals surface area contributed by atoms with Crippen molar-refractivity contribution in [1.29, 1.82) is 0 Å². The van der Waals surface area contributed by atoms with E-state index in [4.69, 9.17) is 4.74 Å². The molecule has 0 amide bonds. The third-order valence-electron chi connectivity index (χ3n) is 3.13. The first-order chi connectivity index (χ1) is 8.27. The van der Waals surface area contributed by atoms with Gasteiger partial charge in [0.2, 0.25) is 0 Å². The Morgan fingerprint density at radius 1 is 1.50 bits per heavy atom. The van der Waals surface area contributed by atoms with Crippen molar-refractivity contribution in [3.8, 4) is 0 Å². The SMILES string of the molecule is COC(=O)C(C)(C)CNC(C)c1cc(C)sc1C. The molecule has 18 heavy (non-hydrogen) atoms. The Balaban J connectivity index is 2.64. The first-order valence-electron chi connectivity index (χ1n) is 6.16. The van der Waals surface area contributed by atoms with Crippen molar-refractivity contribution in [3.63, 3.8) is 0 Å². The highest BCUT2D eigenvalue weighted by atomic mass is 32.1. The number of rotatable bonds is 5. The highest BCUT2D eigenvalue weighted by molar-refractivity contribution is 7.12. The molecule has 102 valence electrons. The van der Waals surface area contributed by atoms with E-state index in [1.165, 1.54) is 22.4 Å². The van der Waals surface area contributed by atoms with Gasteiger partial charge in [-0.3, -0.25) is 4.79 Å². The highest BCUT2D eigenvalue weighted by Gasteiger charge is 2.29. The normalized spacial score (nSPS) is 13.4. The summed E-state index contributed by atoms with van der Waals surface area (Å²) < 4.78 is 4.80. The molecule has 1 unspecified atom stereocenters. The standard InChI is InChI=1S/C14H23NO2S/c1-9-7-12(11(3)18-9)10(2)15-8-14(4,5)13(16)17-6/h7,10,15H,8H2,1-6H3. The van der Waals surface area contributed by atoms with Crippen molar-refractivity contribution in [2.24, 2.45) is 5.41 Å². The molecule has 1 heterocycles. The Labute approximate surface area is 114 Å². The summed E-state index contributed by atoms with van der Waals surface area (Å²) in [6.07, 6.45) is 0. The molecule has 4 heteroatoms. The minimum atomic E-state index is -0.498. The molecule has 0 aliphatic rings. The van der Waals surface area contributed by atoms with Crippen LogP contribution in [0.2, 0.25) is 0 Å². The van der Waals surface area contributed by atoms with E-state index in [-0.39, 0.29) is 12.0 Å². The van der Waals surface area contributed by atoms with Gasteiger partial charge in [0.1, 0.15) is 0 Å². The number of methoxy groups -OCH3 is 1. The van der Waals surface area contributed by atoms with E-state index in [0.29, 0.717) is 6.54 Å². The van der Waals surface area contributed by atoms with E-state index in [9.17, 15) is 4.79 Å². The lowest BCUT2D eigenvalue weighted by Crippen LogP contribution is -2.38. The van der Waals surface area contributed by atoms with Gasteiger partial charge in [-0.15, -0.1) is 11.3 Å². The third kappa shape index (κ3) is 3.56. The number of hydrogen-bond donors (Lipinski definition) is 1. The van der Waals surface area contributed by atoms with Gasteiger partial charge in [-0.2, -0.15) is 0 Å². The van der Waals surface area contributed by atoms with E-state index in [1.54, 1.807) is 0 Å². The molecule has 0 bridgehead atoms. The first-order valence-corrected chi connectivity index (χ1v) is 6.98. The summed E-state index contributed by atoms with van der Waals surface area (Å²) >= 11 is 1.81. The Morgan fingerprint density at radius 2 is 2.11 bits per heavy atom. The van der Waals surface area contributed by atoms with Crippen LogP contribution in [0.4, 0.5) is 0 Å². The Morgan fingerprint density at radius 3 is 2.56 bits per heavy atom. The van der Waals surface area contributed by atoms with Crippen LogP contribution in [0.25, 0.3) is 0 Å². The first kappa shape index (κ1) is 15.2. The van der Waals surface area contributed by atoms with Gasteiger partial charge in [-0.05, 0) is 46.2 Å². The van der Waals surface area contributed by atoms with Gasteiger partial charge >= 0.3 is 5.97 Å². The van der Waals surface area contributed by atoms with E-state index in [0.717, 1.165) is 0 Å². The summed E-state index contributed by atoms with van der Waals surface area (Å²) in [5.74, 6) is -0.180. The number of carbonyl (C=O) groups excluding carboxylic acids is 1. The molecule has 0 saturated carbocycles. The van der Waals surface area contributed by atoms with Crippen LogP contribution in [-0.2, 0) is 9.53 Å². The molecule has 0 radical (unpaired) electrons. The van der Waals surface area contributed by atoms with Gasteiger partial charge in [0.25, 0.3) is 0 Å². The van der Waals surface area contributed by atoms with Crippen molar-refractivity contribution in [2.75, 3.05) is 13.7 Å². The van der Waals surface area contributed by atoms with Gasteiger partial charge < -0.3 is 10.1 Å². The van der Waals surface area contributed by atoms with Crippen LogP contribution in [0.1, 0.15) is 42.1 Å². The Bertz CT molecular complexity index is 423. The fourth-order valence-corrected chi connectivity index (χ4v) is 2.97. The van der Waals surface area contributed by atoms with Gasteiger partial charge in [-0.25, -0.2) is 0 Å². The van der Waals surface area contributed by atoms with Crippen LogP contribution in [0.5, 0.6) is 0 Å². The summed E-state index contributed by atoms with van der Waals surface area (Å²) in [5.41, 5.74) is 0.820. The zero-order valence-electron chi connectivity index (χ0n) is 12.1. The van der Waals surface area contributed by atoms with Crippen LogP contribution in [-0.4, -0.2) is 19.6 Å². The molecule has 1 N–H and O–H groups in total. The van der Waals surface area contributed by atoms with Gasteiger partial charge in [0.15, 0.2) is 0 Å². The van der Waals surface area contributed by atoms with Gasteiger partial charge in [0.05, 0.1) is 12.5 Å². The molecule has 1 rings (SSSR count). The number of aryl methyl sites for hydroxylation is 2. The molecular weight excluding hydrogens is 246 g/mol. The maximum atomic E-state index is 11.6. The second-order valence-corrected chi connectivity index (χ2v) is 6.81. The lowest BCUT2D eigenvalue weighted by atomic mass is 9.93. The van der Waals surface area contributed by atoms with E-state index >= 15 is 0 Å². The van der Waals surface area contributed by atoms with Crippen LogP contribution in [0.15, 0.2) is 6.07 Å². The molecular formula is C14H23NO2S. The highest BCUT2D eigenvalue weighted by Crippen LogP contribution is 2.27. The third-order valence-corrected chi connectivity index (χ3v) is 4.12. The minimum Gasteiger partial charge on any atom is -0.469 e. The molecule has 1 aromatic heterocycles. The fourth-order valence-electron chi connectivity index (χ4n) is 1.95. The Hall–Kier alpha value is -0.870. The molecule has 1 atom stereocenters. The van der Waals surface area contributed by atoms with Crippen LogP contribution in [0, 0.1) is 19.3 Å². The molecule has 0 spiro atoms. The molecule has 3 nitrogen and oxygen atoms in total. The van der Waals surface area contributed by atoms with Crippen LogP contribution >= 0.6 is 11.3 Å². The van der Waals surface area contributed by atoms with Crippen molar-refractivity contribution in [1.82, 2.24) is 5.32 Å². The number of esters is 1. The van der Waals surface area contributed by atoms with Crippen molar-refractivity contribution < 1.29 is 9.53 Å². The predicted molar refractivity (Wildman–Crippen MR) is 76.0 cm³/mol. The molecule has 0 fully saturated rings. The summed E-state index contributed by atoms with van der Waals surface area (Å²) in [6, 6.07) is 2.46. The van der Waals surface area contributed by atoms with Crippen LogP contribution < -0.4 is 5.32 Å². The zero-order chi connectivity index (χ0) is 13.9. The second kappa shape index (κ2) is 5.85. The number of nitrogens with one attached hydrogen (secondary N) is 1. The maximum Gasteiger partial charge on any atom is 0.312 e. The van der Waals surface area contributed by atoms with Gasteiger partial charge in [0, 0.05) is 22.3 Å². The zero-order valence-corrected chi connectivity index (χ0v) is 12.9. The average molecular weight is 269 g/mol. The number of carbonyl (C=O) groups is 1. The molecule has 0 aliphatic heterocycles. The maximum absolute atomic E-state index is 11.6. The smallest absolute Gasteiger partial charge is 0.312 e. The Kier molecular flexibility index (Phi) is 4.93. The second-order valence-electron chi connectivity index (χ2n) is 5.35. The molecule has 0 aliphatic carbocycles. The lowest BCUT2D eigenvalue weighted by molar-refractivity contribution is -0.150. The van der Waals surface area contributed by atoms with E-state index in [1.807, 2.05) is 25.2 Å². The van der Waals surface area contributed by atoms with E-state index < -0.39 is 5.41 Å².